The number of nitrogens with zero attached hydrogens (tertiary/aromatic N) is 4. The van der Waals surface area contributed by atoms with Crippen LogP contribution in [0.2, 0.25) is 0 Å². The standard InChI is InChI=1S/C138H114N4O8/c1-143-129-81-65-121(66-82-129)139(122-67-83-130(144-2)84-68-122)117-57-43-109(44-58-117)33-23-101-13-9-99(10-14-101)21-31-107-37-51-113(52-38-107)137-97-116(56-42-106-29-19-104(20-30-106)26-36-112-49-63-120(64-50-112)142(127-77-93-135(149-7)94-78-127)128-79-95-136(150-8)96-80-128)138(98-115(137)55-41-105-27-17-103(18-28-105)25-35-111-47-61-119(62-48-111)141(125-73-89-133(147-5)90-74-125)126-75-91-134(148-6)92-76-126)114-53-39-108(40-54-114)32-22-100-11-15-102(16-12-100)24-34-110-45-59-118(60-46-110)140(123-69-85-131(145-3)86-70-123)124-71-87-132(146-4)88-72-124/h9-98H,1-8H3/b31-21+,32-22+,33-23+,34-24+,35-25+,36-26+,55-41+,56-42+. The lowest BCUT2D eigenvalue weighted by atomic mass is 9.89. The second-order valence-corrected chi connectivity index (χ2v) is 35.9. The maximum atomic E-state index is 5.53. The number of benzene rings is 19. The molecule has 0 aliphatic carbocycles. The Hall–Kier alpha value is -19.3. The molecule has 0 amide bonds. The molecule has 0 saturated heterocycles. The zero-order chi connectivity index (χ0) is 103. The molecule has 0 unspecified atom stereocenters. The van der Waals surface area contributed by atoms with Gasteiger partial charge in [0.2, 0.25) is 0 Å². The molecule has 0 radical (unpaired) electrons. The van der Waals surface area contributed by atoms with Crippen molar-refractivity contribution in [1.29, 1.82) is 0 Å². The Bertz CT molecular complexity index is 7280. The molecule has 0 spiro atoms. The normalized spacial score (nSPS) is 11.5. The molecule has 150 heavy (non-hydrogen) atoms. The Morgan fingerprint density at radius 1 is 0.120 bits per heavy atom. The van der Waals surface area contributed by atoms with E-state index in [0.717, 1.165) is 226 Å². The number of anilines is 12. The maximum Gasteiger partial charge on any atom is 0.119 e. The molecule has 0 saturated carbocycles. The highest BCUT2D eigenvalue weighted by Crippen LogP contribution is 2.44. The summed E-state index contributed by atoms with van der Waals surface area (Å²) in [5, 5.41) is 0. The van der Waals surface area contributed by atoms with Gasteiger partial charge in [0.25, 0.3) is 0 Å². The largest absolute Gasteiger partial charge is 0.497 e. The molecule has 12 nitrogen and oxygen atoms in total. The summed E-state index contributed by atoms with van der Waals surface area (Å²) in [6, 6.07) is 157. The van der Waals surface area contributed by atoms with Gasteiger partial charge in [0.05, 0.1) is 56.9 Å². The van der Waals surface area contributed by atoms with Gasteiger partial charge in [0.1, 0.15) is 46.0 Å². The van der Waals surface area contributed by atoms with Gasteiger partial charge < -0.3 is 57.5 Å². The van der Waals surface area contributed by atoms with Gasteiger partial charge in [0.15, 0.2) is 0 Å². The maximum absolute atomic E-state index is 5.53. The first-order chi connectivity index (χ1) is 73.8. The molecular formula is C138H114N4O8. The summed E-state index contributed by atoms with van der Waals surface area (Å²) in [5.74, 6) is 6.39. The number of rotatable bonds is 38. The van der Waals surface area contributed by atoms with Crippen LogP contribution in [-0.4, -0.2) is 56.9 Å². The molecule has 0 aliphatic heterocycles. The van der Waals surface area contributed by atoms with Crippen LogP contribution in [0.4, 0.5) is 68.2 Å². The van der Waals surface area contributed by atoms with E-state index in [4.69, 9.17) is 37.9 Å². The van der Waals surface area contributed by atoms with E-state index < -0.39 is 0 Å². The van der Waals surface area contributed by atoms with Crippen LogP contribution in [0, 0.1) is 0 Å². The van der Waals surface area contributed by atoms with Crippen LogP contribution in [0.15, 0.2) is 449 Å². The van der Waals surface area contributed by atoms with Gasteiger partial charge in [0, 0.05) is 68.2 Å². The minimum atomic E-state index is 0.796. The van der Waals surface area contributed by atoms with E-state index in [1.807, 2.05) is 97.1 Å². The lowest BCUT2D eigenvalue weighted by Gasteiger charge is -2.26. The van der Waals surface area contributed by atoms with Crippen LogP contribution in [-0.2, 0) is 0 Å². The van der Waals surface area contributed by atoms with Gasteiger partial charge in [-0.1, -0.05) is 291 Å². The van der Waals surface area contributed by atoms with Crippen LogP contribution < -0.4 is 57.5 Å². The third-order valence-electron chi connectivity index (χ3n) is 26.4. The van der Waals surface area contributed by atoms with Crippen molar-refractivity contribution in [2.45, 2.75) is 0 Å². The first-order valence-electron chi connectivity index (χ1n) is 49.8. The molecule has 0 bridgehead atoms. The summed E-state index contributed by atoms with van der Waals surface area (Å²) in [6.45, 7) is 0. The van der Waals surface area contributed by atoms with Crippen molar-refractivity contribution in [3.05, 3.63) is 538 Å². The topological polar surface area (TPSA) is 86.8 Å². The SMILES string of the molecule is COc1ccc(N(c2ccc(/C=C/c3ccc(/C=C/c4ccc(-c5cc(/C=C/c6ccc(/C=C/c7ccc(N(c8ccc(OC)cc8)c8ccc(OC)cc8)cc7)cc6)c(-c6ccc(/C=C/c7ccc(/C=C/c8ccc(N(c9ccc(OC)cc9)c9ccc(OC)cc9)cc8)cc7)cc6)cc5/C=C/c5ccc(/C=C/c6ccc(N(c7ccc(OC)cc7)c7ccc(OC)cc7)cc6)cc5)cc4)cc3)cc2)c2ccc(OC)cc2)cc1. The fourth-order valence-corrected chi connectivity index (χ4v) is 17.9. The molecule has 19 aromatic carbocycles. The molecule has 0 heterocycles. The minimum Gasteiger partial charge on any atom is -0.497 e. The van der Waals surface area contributed by atoms with Crippen molar-refractivity contribution < 1.29 is 37.9 Å². The summed E-state index contributed by atoms with van der Waals surface area (Å²) < 4.78 is 44.1. The highest BCUT2D eigenvalue weighted by Gasteiger charge is 2.21. The Morgan fingerprint density at radius 3 is 0.340 bits per heavy atom. The minimum absolute atomic E-state index is 0.796. The Balaban J connectivity index is 0.608. The molecular weight excluding hydrogens is 1840 g/mol. The first kappa shape index (κ1) is 99.4. The van der Waals surface area contributed by atoms with Gasteiger partial charge in [-0.2, -0.15) is 0 Å². The van der Waals surface area contributed by atoms with Gasteiger partial charge in [-0.3, -0.25) is 0 Å². The Kier molecular flexibility index (Phi) is 32.1. The summed E-state index contributed by atoms with van der Waals surface area (Å²) in [7, 11) is 13.5. The molecule has 0 atom stereocenters. The second-order valence-electron chi connectivity index (χ2n) is 35.9. The number of methoxy groups -OCH3 is 8. The van der Waals surface area contributed by atoms with Crippen molar-refractivity contribution >= 4 is 165 Å². The highest BCUT2D eigenvalue weighted by molar-refractivity contribution is 5.93. The molecule has 19 aromatic rings. The average Bonchev–Trinajstić information content (AvgIpc) is 0.780. The van der Waals surface area contributed by atoms with Gasteiger partial charge in [-0.25, -0.2) is 0 Å². The van der Waals surface area contributed by atoms with Crippen molar-refractivity contribution in [2.24, 2.45) is 0 Å². The predicted molar refractivity (Wildman–Crippen MR) is 631 cm³/mol. The monoisotopic (exact) mass is 1950 g/mol. The van der Waals surface area contributed by atoms with E-state index in [-0.39, 0.29) is 0 Å². The summed E-state index contributed by atoms with van der Waals surface area (Å²) >= 11 is 0. The number of hydrogen-bond donors (Lipinski definition) is 0. The number of hydrogen-bond acceptors (Lipinski definition) is 12. The fourth-order valence-electron chi connectivity index (χ4n) is 17.9. The quantitative estimate of drug-likeness (QED) is 0.0345. The third-order valence-corrected chi connectivity index (χ3v) is 26.4. The molecule has 0 aliphatic rings. The lowest BCUT2D eigenvalue weighted by Crippen LogP contribution is -2.09. The molecule has 734 valence electrons. The molecule has 0 aromatic heterocycles. The average molecular weight is 1960 g/mol. The third kappa shape index (κ3) is 25.2. The lowest BCUT2D eigenvalue weighted by molar-refractivity contribution is 0.414. The summed E-state index contributed by atoms with van der Waals surface area (Å²) in [4.78, 5) is 8.90. The van der Waals surface area contributed by atoms with Gasteiger partial charge in [-0.15, -0.1) is 0 Å². The predicted octanol–water partition coefficient (Wildman–Crippen LogP) is 36.3. The zero-order valence-electron chi connectivity index (χ0n) is 85.0. The van der Waals surface area contributed by atoms with E-state index in [9.17, 15) is 0 Å². The molecule has 12 heteroatoms. The fraction of sp³-hybridized carbons (Fsp3) is 0.0580. The van der Waals surface area contributed by atoms with Crippen molar-refractivity contribution in [3.8, 4) is 68.2 Å². The van der Waals surface area contributed by atoms with Crippen molar-refractivity contribution in [1.82, 2.24) is 0 Å². The Labute approximate surface area is 880 Å². The van der Waals surface area contributed by atoms with Crippen LogP contribution in [0.3, 0.4) is 0 Å². The number of ether oxygens (including phenoxy) is 8. The smallest absolute Gasteiger partial charge is 0.119 e. The van der Waals surface area contributed by atoms with Crippen LogP contribution in [0.5, 0.6) is 46.0 Å². The van der Waals surface area contributed by atoms with E-state index >= 15 is 0 Å². The van der Waals surface area contributed by atoms with Crippen LogP contribution in [0.25, 0.3) is 119 Å². The van der Waals surface area contributed by atoms with Gasteiger partial charge >= 0.3 is 0 Å². The summed E-state index contributed by atoms with van der Waals surface area (Å²) in [6.07, 6.45) is 35.0. The van der Waals surface area contributed by atoms with Crippen LogP contribution >= 0.6 is 0 Å². The van der Waals surface area contributed by atoms with Crippen molar-refractivity contribution in [2.75, 3.05) is 76.5 Å². The van der Waals surface area contributed by atoms with E-state index in [2.05, 4.69) is 469 Å². The van der Waals surface area contributed by atoms with Crippen molar-refractivity contribution in [3.63, 3.8) is 0 Å². The molecule has 19 rings (SSSR count). The summed E-state index contributed by atoms with van der Waals surface area (Å²) in [5.41, 5.74) is 33.9. The first-order valence-corrected chi connectivity index (χ1v) is 49.8. The molecule has 0 N–H and O–H groups in total. The van der Waals surface area contributed by atoms with E-state index in [1.54, 1.807) is 56.9 Å². The zero-order valence-corrected chi connectivity index (χ0v) is 85.0. The van der Waals surface area contributed by atoms with E-state index in [1.165, 1.54) is 0 Å². The molecule has 0 fully saturated rings. The van der Waals surface area contributed by atoms with Crippen LogP contribution in [0.1, 0.15) is 89.0 Å². The highest BCUT2D eigenvalue weighted by atomic mass is 16.5. The second kappa shape index (κ2) is 48.4. The van der Waals surface area contributed by atoms with Gasteiger partial charge in [-0.05, 0) is 366 Å². The Morgan fingerprint density at radius 2 is 0.220 bits per heavy atom. The van der Waals surface area contributed by atoms with E-state index in [0.29, 0.717) is 0 Å².